The molecule has 2 aromatic rings. The minimum Gasteiger partial charge on any atom is -0.493 e. The van der Waals surface area contributed by atoms with Gasteiger partial charge in [-0.05, 0) is 56.7 Å². The molecule has 2 heterocycles. The summed E-state index contributed by atoms with van der Waals surface area (Å²) in [5, 5.41) is 13.5. The van der Waals surface area contributed by atoms with Gasteiger partial charge in [0.15, 0.2) is 11.6 Å². The molecule has 1 aliphatic carbocycles. The Bertz CT molecular complexity index is 1150. The second-order valence-corrected chi connectivity index (χ2v) is 10.6. The number of ether oxygens (including phenoxy) is 2. The third kappa shape index (κ3) is 4.57. The normalized spacial score (nSPS) is 28.6. The Morgan fingerprint density at radius 3 is 2.78 bits per heavy atom. The number of nitrogens with zero attached hydrogens (tertiary/aromatic N) is 1. The molecule has 3 aliphatic rings. The highest BCUT2D eigenvalue weighted by molar-refractivity contribution is 5.95. The lowest BCUT2D eigenvalue weighted by molar-refractivity contribution is 0.0146. The number of carbonyl (C=O) groups excluding carboxylic acids is 1. The number of halogens is 2. The first-order valence-corrected chi connectivity index (χ1v) is 12.7. The highest BCUT2D eigenvalue weighted by Gasteiger charge is 2.39. The summed E-state index contributed by atoms with van der Waals surface area (Å²) in [6, 6.07) is 8.40. The van der Waals surface area contributed by atoms with E-state index in [1.807, 2.05) is 6.07 Å². The number of fused-ring (bicyclic) bond motifs is 1. The van der Waals surface area contributed by atoms with E-state index in [1.165, 1.54) is 7.11 Å². The Morgan fingerprint density at radius 2 is 2.08 bits per heavy atom. The van der Waals surface area contributed by atoms with Crippen LogP contribution >= 0.6 is 0 Å². The standard InChI is InChI=1S/C28H34F2N2O4/c1-16(31-27(33)17-4-7-23-24(14-17)36-11-9-28(23,2)34)21-5-6-22(25(30)26(21)35-3)18-12-20(13-18)32-10-8-19(29)15-32/h4-7,14,16,18-20,34H,8-13,15H2,1-3H3,(H,31,33)/t16-,18?,19+,20?,28+/m0/s1. The first-order chi connectivity index (χ1) is 17.2. The van der Waals surface area contributed by atoms with Gasteiger partial charge in [0, 0.05) is 42.2 Å². The highest BCUT2D eigenvalue weighted by atomic mass is 19.1. The van der Waals surface area contributed by atoms with Crippen LogP contribution in [-0.4, -0.2) is 54.9 Å². The summed E-state index contributed by atoms with van der Waals surface area (Å²) in [5.41, 5.74) is 1.23. The average molecular weight is 501 g/mol. The van der Waals surface area contributed by atoms with Crippen LogP contribution in [0, 0.1) is 5.82 Å². The molecule has 1 saturated heterocycles. The number of alkyl halides is 1. The van der Waals surface area contributed by atoms with Gasteiger partial charge in [0.1, 0.15) is 11.9 Å². The number of aliphatic hydroxyl groups is 1. The van der Waals surface area contributed by atoms with Crippen molar-refractivity contribution in [3.8, 4) is 11.5 Å². The molecule has 0 spiro atoms. The van der Waals surface area contributed by atoms with Crippen molar-refractivity contribution < 1.29 is 28.2 Å². The van der Waals surface area contributed by atoms with Gasteiger partial charge in [-0.25, -0.2) is 8.78 Å². The quantitative estimate of drug-likeness (QED) is 0.607. The van der Waals surface area contributed by atoms with Crippen molar-refractivity contribution in [2.75, 3.05) is 26.8 Å². The highest BCUT2D eigenvalue weighted by Crippen LogP contribution is 2.44. The third-order valence-electron chi connectivity index (χ3n) is 8.08. The van der Waals surface area contributed by atoms with Gasteiger partial charge < -0.3 is 19.9 Å². The lowest BCUT2D eigenvalue weighted by Gasteiger charge is -2.41. The number of likely N-dealkylation sites (tertiary alicyclic amines) is 1. The van der Waals surface area contributed by atoms with E-state index in [0.29, 0.717) is 60.0 Å². The van der Waals surface area contributed by atoms with Crippen LogP contribution in [0.25, 0.3) is 0 Å². The molecule has 1 saturated carbocycles. The van der Waals surface area contributed by atoms with Crippen molar-refractivity contribution >= 4 is 5.91 Å². The molecular weight excluding hydrogens is 466 g/mol. The van der Waals surface area contributed by atoms with Crippen molar-refractivity contribution in [2.45, 2.75) is 69.3 Å². The van der Waals surface area contributed by atoms with E-state index in [-0.39, 0.29) is 17.6 Å². The van der Waals surface area contributed by atoms with Gasteiger partial charge in [-0.2, -0.15) is 0 Å². The summed E-state index contributed by atoms with van der Waals surface area (Å²) in [4.78, 5) is 15.2. The Hall–Kier alpha value is -2.71. The van der Waals surface area contributed by atoms with Crippen LogP contribution < -0.4 is 14.8 Å². The smallest absolute Gasteiger partial charge is 0.251 e. The molecular formula is C28H34F2N2O4. The Labute approximate surface area is 210 Å². The maximum atomic E-state index is 15.5. The molecule has 2 aromatic carbocycles. The predicted octanol–water partition coefficient (Wildman–Crippen LogP) is 4.61. The average Bonchev–Trinajstić information content (AvgIpc) is 3.23. The van der Waals surface area contributed by atoms with E-state index in [1.54, 1.807) is 38.1 Å². The van der Waals surface area contributed by atoms with Crippen molar-refractivity contribution in [2.24, 2.45) is 0 Å². The van der Waals surface area contributed by atoms with Crippen LogP contribution in [0.15, 0.2) is 30.3 Å². The Kier molecular flexibility index (Phi) is 6.68. The fourth-order valence-electron chi connectivity index (χ4n) is 5.74. The van der Waals surface area contributed by atoms with Gasteiger partial charge in [-0.3, -0.25) is 9.69 Å². The van der Waals surface area contributed by atoms with Gasteiger partial charge in [0.25, 0.3) is 5.91 Å². The zero-order chi connectivity index (χ0) is 25.6. The lowest BCUT2D eigenvalue weighted by Crippen LogP contribution is -2.42. The van der Waals surface area contributed by atoms with Crippen LogP contribution in [0.5, 0.6) is 11.5 Å². The van der Waals surface area contributed by atoms with Crippen molar-refractivity contribution in [1.29, 1.82) is 0 Å². The van der Waals surface area contributed by atoms with Crippen LogP contribution in [0.1, 0.15) is 78.5 Å². The lowest BCUT2D eigenvalue weighted by atomic mass is 9.74. The van der Waals surface area contributed by atoms with E-state index in [0.717, 1.165) is 19.4 Å². The van der Waals surface area contributed by atoms with Crippen LogP contribution in [0.3, 0.4) is 0 Å². The SMILES string of the molecule is COc1c([C@H](C)NC(=O)c2ccc3c(c2)OCC[C@@]3(C)O)ccc(C2CC(N3CC[C@@H](F)C3)C2)c1F. The molecule has 0 radical (unpaired) electrons. The minimum absolute atomic E-state index is 0.0780. The molecule has 8 heteroatoms. The first-order valence-electron chi connectivity index (χ1n) is 12.7. The summed E-state index contributed by atoms with van der Waals surface area (Å²) in [7, 11) is 1.43. The zero-order valence-corrected chi connectivity index (χ0v) is 21.0. The molecule has 3 atom stereocenters. The molecule has 2 N–H and O–H groups in total. The van der Waals surface area contributed by atoms with E-state index >= 15 is 4.39 Å². The maximum Gasteiger partial charge on any atom is 0.251 e. The summed E-state index contributed by atoms with van der Waals surface area (Å²) in [6.45, 7) is 5.15. The number of benzene rings is 2. The fraction of sp³-hybridized carbons (Fsp3) is 0.536. The summed E-state index contributed by atoms with van der Waals surface area (Å²) in [5.74, 6) is -0.0138. The predicted molar refractivity (Wildman–Crippen MR) is 132 cm³/mol. The fourth-order valence-corrected chi connectivity index (χ4v) is 5.74. The minimum atomic E-state index is -0.993. The number of nitrogens with one attached hydrogen (secondary N) is 1. The molecule has 2 aliphatic heterocycles. The van der Waals surface area contributed by atoms with Crippen LogP contribution in [0.4, 0.5) is 8.78 Å². The van der Waals surface area contributed by atoms with Crippen molar-refractivity contribution in [3.05, 3.63) is 58.4 Å². The van der Waals surface area contributed by atoms with Crippen LogP contribution in [-0.2, 0) is 5.60 Å². The van der Waals surface area contributed by atoms with Crippen LogP contribution in [0.2, 0.25) is 0 Å². The molecule has 194 valence electrons. The monoisotopic (exact) mass is 500 g/mol. The second-order valence-electron chi connectivity index (χ2n) is 10.6. The summed E-state index contributed by atoms with van der Waals surface area (Å²) in [6.07, 6.45) is 1.95. The van der Waals surface area contributed by atoms with E-state index in [2.05, 4.69) is 10.2 Å². The van der Waals surface area contributed by atoms with Gasteiger partial charge >= 0.3 is 0 Å². The molecule has 36 heavy (non-hydrogen) atoms. The van der Waals surface area contributed by atoms with Crippen molar-refractivity contribution in [1.82, 2.24) is 10.2 Å². The van der Waals surface area contributed by atoms with Gasteiger partial charge in [0.05, 0.1) is 25.4 Å². The third-order valence-corrected chi connectivity index (χ3v) is 8.08. The van der Waals surface area contributed by atoms with E-state index in [9.17, 15) is 14.3 Å². The second kappa shape index (κ2) is 9.63. The molecule has 1 amide bonds. The van der Waals surface area contributed by atoms with E-state index < -0.39 is 23.6 Å². The molecule has 0 bridgehead atoms. The van der Waals surface area contributed by atoms with Gasteiger partial charge in [-0.1, -0.05) is 18.2 Å². The van der Waals surface area contributed by atoms with Gasteiger partial charge in [-0.15, -0.1) is 0 Å². The number of hydrogen-bond donors (Lipinski definition) is 2. The number of amides is 1. The number of rotatable bonds is 6. The topological polar surface area (TPSA) is 71.0 Å². The number of carbonyl (C=O) groups is 1. The molecule has 6 nitrogen and oxygen atoms in total. The van der Waals surface area contributed by atoms with Crippen molar-refractivity contribution in [3.63, 3.8) is 0 Å². The van der Waals surface area contributed by atoms with E-state index in [4.69, 9.17) is 9.47 Å². The molecule has 0 aromatic heterocycles. The molecule has 5 rings (SSSR count). The molecule has 0 unspecified atom stereocenters. The summed E-state index contributed by atoms with van der Waals surface area (Å²) >= 11 is 0. The largest absolute Gasteiger partial charge is 0.493 e. The zero-order valence-electron chi connectivity index (χ0n) is 21.0. The number of methoxy groups -OCH3 is 1. The summed E-state index contributed by atoms with van der Waals surface area (Å²) < 4.78 is 40.1. The Balaban J connectivity index is 1.28. The molecule has 2 fully saturated rings. The van der Waals surface area contributed by atoms with Gasteiger partial charge in [0.2, 0.25) is 0 Å². The number of hydrogen-bond acceptors (Lipinski definition) is 5. The maximum absolute atomic E-state index is 15.5. The Morgan fingerprint density at radius 1 is 1.31 bits per heavy atom. The first kappa shape index (κ1) is 25.0.